The third-order valence-electron chi connectivity index (χ3n) is 1.67. The Balaban J connectivity index is 2.60. The molecule has 13 heavy (non-hydrogen) atoms. The monoisotopic (exact) mass is 214 g/mol. The van der Waals surface area contributed by atoms with Crippen LogP contribution in [0.1, 0.15) is 0 Å². The van der Waals surface area contributed by atoms with E-state index in [-0.39, 0.29) is 6.61 Å². The van der Waals surface area contributed by atoms with Crippen molar-refractivity contribution in [2.24, 2.45) is 0 Å². The zero-order chi connectivity index (χ0) is 10.1. The lowest BCUT2D eigenvalue weighted by molar-refractivity contribution is -0.00608. The fraction of sp³-hybridized carbons (Fsp3) is 1.00. The number of rotatable bonds is 3. The number of aliphatic hydroxyl groups excluding tert-OH is 2. The van der Waals surface area contributed by atoms with E-state index in [1.807, 2.05) is 0 Å². The number of hydrogen-bond acceptors (Lipinski definition) is 5. The van der Waals surface area contributed by atoms with Gasteiger partial charge in [0.15, 0.2) is 0 Å². The lowest BCUT2D eigenvalue weighted by Gasteiger charge is -2.19. The summed E-state index contributed by atoms with van der Waals surface area (Å²) in [6, 6.07) is 0. The van der Waals surface area contributed by atoms with Crippen LogP contribution in [0.15, 0.2) is 0 Å². The molecule has 0 spiro atoms. The first-order valence-corrected chi connectivity index (χ1v) is 5.11. The van der Waals surface area contributed by atoms with Gasteiger partial charge in [0.05, 0.1) is 13.2 Å². The molecule has 1 aliphatic rings. The van der Waals surface area contributed by atoms with E-state index >= 15 is 0 Å². The van der Waals surface area contributed by atoms with Gasteiger partial charge in [-0.2, -0.15) is 0 Å². The van der Waals surface area contributed by atoms with Gasteiger partial charge in [0.2, 0.25) is 0 Å². The van der Waals surface area contributed by atoms with E-state index in [0.717, 1.165) is 0 Å². The van der Waals surface area contributed by atoms with Crippen LogP contribution in [0.3, 0.4) is 0 Å². The quantitative estimate of drug-likeness (QED) is 0.410. The van der Waals surface area contributed by atoms with Crippen molar-refractivity contribution in [3.05, 3.63) is 0 Å². The smallest absolute Gasteiger partial charge is 0.394 e. The molecule has 0 bridgehead atoms. The number of hydrogen-bond donors (Lipinski definition) is 4. The highest BCUT2D eigenvalue weighted by Crippen LogP contribution is 2.40. The minimum Gasteiger partial charge on any atom is -0.394 e. The van der Waals surface area contributed by atoms with Gasteiger partial charge in [-0.25, -0.2) is 4.57 Å². The van der Waals surface area contributed by atoms with Gasteiger partial charge in [-0.15, -0.1) is 0 Å². The summed E-state index contributed by atoms with van der Waals surface area (Å²) in [5.41, 5.74) is 0. The van der Waals surface area contributed by atoms with Crippen LogP contribution in [0.5, 0.6) is 0 Å². The SMILES string of the molecule is O=P(O)(O)OC1C(O)CO[C@@H]1CO. The molecule has 2 unspecified atom stereocenters. The Morgan fingerprint density at radius 2 is 2.15 bits per heavy atom. The summed E-state index contributed by atoms with van der Waals surface area (Å²) in [5, 5.41) is 17.8. The summed E-state index contributed by atoms with van der Waals surface area (Å²) < 4.78 is 19.5. The molecule has 0 saturated carbocycles. The fourth-order valence-corrected chi connectivity index (χ4v) is 1.71. The van der Waals surface area contributed by atoms with E-state index in [9.17, 15) is 4.57 Å². The van der Waals surface area contributed by atoms with Crippen LogP contribution in [0.2, 0.25) is 0 Å². The van der Waals surface area contributed by atoms with Crippen molar-refractivity contribution >= 4 is 7.82 Å². The maximum Gasteiger partial charge on any atom is 0.470 e. The minimum atomic E-state index is -4.65. The zero-order valence-electron chi connectivity index (χ0n) is 6.61. The molecule has 4 N–H and O–H groups in total. The lowest BCUT2D eigenvalue weighted by Crippen LogP contribution is -2.34. The highest BCUT2D eigenvalue weighted by molar-refractivity contribution is 7.46. The number of phosphoric acid groups is 1. The largest absolute Gasteiger partial charge is 0.470 e. The Morgan fingerprint density at radius 1 is 1.54 bits per heavy atom. The lowest BCUT2D eigenvalue weighted by atomic mass is 10.2. The average Bonchev–Trinajstić information content (AvgIpc) is 2.30. The normalized spacial score (nSPS) is 35.2. The van der Waals surface area contributed by atoms with E-state index in [1.54, 1.807) is 0 Å². The third-order valence-corrected chi connectivity index (χ3v) is 2.18. The van der Waals surface area contributed by atoms with Crippen molar-refractivity contribution < 1.29 is 33.8 Å². The molecule has 1 aliphatic heterocycles. The molecule has 0 aliphatic carbocycles. The molecule has 0 aromatic heterocycles. The summed E-state index contributed by atoms with van der Waals surface area (Å²) in [7, 11) is -4.65. The third kappa shape index (κ3) is 2.99. The highest BCUT2D eigenvalue weighted by Gasteiger charge is 2.40. The Morgan fingerprint density at radius 3 is 2.62 bits per heavy atom. The Bertz CT molecular complexity index is 213. The summed E-state index contributed by atoms with van der Waals surface area (Å²) in [6.07, 6.45) is -3.18. The molecule has 0 aromatic carbocycles. The number of phosphoric ester groups is 1. The van der Waals surface area contributed by atoms with Crippen molar-refractivity contribution in [2.45, 2.75) is 18.3 Å². The standard InChI is InChI=1S/C5H11O7P/c6-1-4-5(3(7)2-11-4)12-13(8,9)10/h3-7H,1-2H2,(H2,8,9,10)/t3?,4-,5?/m1/s1. The topological polar surface area (TPSA) is 116 Å². The summed E-state index contributed by atoms with van der Waals surface area (Å²) in [6.45, 7) is -0.558. The average molecular weight is 214 g/mol. The number of aliphatic hydroxyl groups is 2. The molecule has 78 valence electrons. The molecule has 0 amide bonds. The van der Waals surface area contributed by atoms with Crippen molar-refractivity contribution in [3.8, 4) is 0 Å². The van der Waals surface area contributed by atoms with E-state index < -0.39 is 32.7 Å². The highest BCUT2D eigenvalue weighted by atomic mass is 31.2. The zero-order valence-corrected chi connectivity index (χ0v) is 7.50. The second-order valence-electron chi connectivity index (χ2n) is 2.68. The Kier molecular flexibility index (Phi) is 3.42. The second-order valence-corrected chi connectivity index (χ2v) is 3.87. The van der Waals surface area contributed by atoms with Gasteiger partial charge in [-0.1, -0.05) is 0 Å². The molecule has 0 radical (unpaired) electrons. The fourth-order valence-electron chi connectivity index (χ4n) is 1.11. The van der Waals surface area contributed by atoms with Crippen LogP contribution in [-0.4, -0.2) is 51.5 Å². The van der Waals surface area contributed by atoms with Gasteiger partial charge in [0.1, 0.15) is 18.3 Å². The van der Waals surface area contributed by atoms with E-state index in [4.69, 9.17) is 24.7 Å². The second kappa shape index (κ2) is 4.02. The number of ether oxygens (including phenoxy) is 1. The van der Waals surface area contributed by atoms with Crippen LogP contribution in [0.4, 0.5) is 0 Å². The van der Waals surface area contributed by atoms with Crippen LogP contribution in [-0.2, 0) is 13.8 Å². The summed E-state index contributed by atoms with van der Waals surface area (Å²) in [4.78, 5) is 16.9. The summed E-state index contributed by atoms with van der Waals surface area (Å²) >= 11 is 0. The molecule has 0 aromatic rings. The van der Waals surface area contributed by atoms with Gasteiger partial charge in [-0.05, 0) is 0 Å². The first kappa shape index (κ1) is 11.1. The van der Waals surface area contributed by atoms with Gasteiger partial charge in [0.25, 0.3) is 0 Å². The molecule has 7 nitrogen and oxygen atoms in total. The Labute approximate surface area is 74.1 Å². The van der Waals surface area contributed by atoms with Gasteiger partial charge < -0.3 is 24.7 Å². The van der Waals surface area contributed by atoms with E-state index in [1.165, 1.54) is 0 Å². The van der Waals surface area contributed by atoms with Crippen molar-refractivity contribution in [3.63, 3.8) is 0 Å². The maximum atomic E-state index is 10.4. The maximum absolute atomic E-state index is 10.4. The molecular formula is C5H11O7P. The minimum absolute atomic E-state index is 0.101. The van der Waals surface area contributed by atoms with Gasteiger partial charge in [-0.3, -0.25) is 4.52 Å². The van der Waals surface area contributed by atoms with Crippen LogP contribution < -0.4 is 0 Å². The van der Waals surface area contributed by atoms with Crippen LogP contribution in [0.25, 0.3) is 0 Å². The van der Waals surface area contributed by atoms with Gasteiger partial charge in [0, 0.05) is 0 Å². The molecular weight excluding hydrogens is 203 g/mol. The van der Waals surface area contributed by atoms with E-state index in [0.29, 0.717) is 0 Å². The predicted octanol–water partition coefficient (Wildman–Crippen LogP) is -1.78. The van der Waals surface area contributed by atoms with Crippen molar-refractivity contribution in [1.82, 2.24) is 0 Å². The van der Waals surface area contributed by atoms with Gasteiger partial charge >= 0.3 is 7.82 Å². The molecule has 1 saturated heterocycles. The first-order valence-electron chi connectivity index (χ1n) is 3.58. The first-order chi connectivity index (χ1) is 5.94. The van der Waals surface area contributed by atoms with Crippen molar-refractivity contribution in [1.29, 1.82) is 0 Å². The Hall–Kier alpha value is -0.0100. The molecule has 3 atom stereocenters. The van der Waals surface area contributed by atoms with Crippen LogP contribution in [0, 0.1) is 0 Å². The molecule has 1 rings (SSSR count). The molecule has 1 fully saturated rings. The van der Waals surface area contributed by atoms with Crippen molar-refractivity contribution in [2.75, 3.05) is 13.2 Å². The van der Waals surface area contributed by atoms with Crippen LogP contribution >= 0.6 is 7.82 Å². The molecule has 8 heteroatoms. The van der Waals surface area contributed by atoms with E-state index in [2.05, 4.69) is 4.52 Å². The predicted molar refractivity (Wildman–Crippen MR) is 39.7 cm³/mol. The summed E-state index contributed by atoms with van der Waals surface area (Å²) in [5.74, 6) is 0. The molecule has 1 heterocycles.